The molecule has 1 aliphatic heterocycles. The van der Waals surface area contributed by atoms with Gasteiger partial charge in [-0.2, -0.15) is 0 Å². The van der Waals surface area contributed by atoms with Crippen molar-refractivity contribution >= 4 is 5.97 Å². The number of hydrogen-bond donors (Lipinski definition) is 0. The molecule has 1 heterocycles. The maximum Gasteiger partial charge on any atom is 0.320 e. The summed E-state index contributed by atoms with van der Waals surface area (Å²) in [6, 6.07) is 8.48. The summed E-state index contributed by atoms with van der Waals surface area (Å²) < 4.78 is 10.3. The van der Waals surface area contributed by atoms with Crippen molar-refractivity contribution in [3.05, 3.63) is 29.8 Å². The molecular weight excluding hydrogens is 266 g/mol. The first-order valence-electron chi connectivity index (χ1n) is 7.78. The molecular formula is C17H25NO3. The normalized spacial score (nSPS) is 19.8. The van der Waals surface area contributed by atoms with E-state index in [1.807, 2.05) is 19.1 Å². The number of likely N-dealkylation sites (tertiary alicyclic amines) is 1. The molecule has 0 radical (unpaired) electrons. The van der Waals surface area contributed by atoms with E-state index in [0.29, 0.717) is 19.2 Å². The molecule has 1 saturated heterocycles. The van der Waals surface area contributed by atoms with Gasteiger partial charge in [-0.15, -0.1) is 0 Å². The Bertz CT molecular complexity index is 444. The third-order valence-electron chi connectivity index (χ3n) is 4.00. The minimum atomic E-state index is -0.127. The second-order valence-electron chi connectivity index (χ2n) is 5.41. The molecule has 2 rings (SSSR count). The lowest BCUT2D eigenvalue weighted by Gasteiger charge is -2.29. The molecule has 1 aromatic rings. The van der Waals surface area contributed by atoms with Gasteiger partial charge < -0.3 is 9.47 Å². The Morgan fingerprint density at radius 2 is 2.00 bits per heavy atom. The van der Waals surface area contributed by atoms with Gasteiger partial charge in [-0.05, 0) is 44.0 Å². The van der Waals surface area contributed by atoms with Gasteiger partial charge in [-0.25, -0.2) is 0 Å². The van der Waals surface area contributed by atoms with E-state index < -0.39 is 0 Å². The molecule has 21 heavy (non-hydrogen) atoms. The second kappa shape index (κ2) is 8.03. The molecule has 1 fully saturated rings. The summed E-state index contributed by atoms with van der Waals surface area (Å²) in [7, 11) is 1.67. The minimum Gasteiger partial charge on any atom is -0.497 e. The summed E-state index contributed by atoms with van der Waals surface area (Å²) in [5.74, 6) is 0.738. The van der Waals surface area contributed by atoms with Crippen LogP contribution < -0.4 is 4.74 Å². The van der Waals surface area contributed by atoms with Crippen LogP contribution in [0.3, 0.4) is 0 Å². The second-order valence-corrected chi connectivity index (χ2v) is 5.41. The molecule has 1 atom stereocenters. The zero-order valence-electron chi connectivity index (χ0n) is 13.0. The first-order chi connectivity index (χ1) is 10.2. The molecule has 4 nitrogen and oxygen atoms in total. The quantitative estimate of drug-likeness (QED) is 0.781. The maximum atomic E-state index is 11.8. The van der Waals surface area contributed by atoms with Gasteiger partial charge >= 0.3 is 5.97 Å². The summed E-state index contributed by atoms with van der Waals surface area (Å²) in [5, 5.41) is 0. The summed E-state index contributed by atoms with van der Waals surface area (Å²) >= 11 is 0. The fourth-order valence-electron chi connectivity index (χ4n) is 2.93. The Labute approximate surface area is 127 Å². The van der Waals surface area contributed by atoms with Crippen LogP contribution in [0.15, 0.2) is 24.3 Å². The third-order valence-corrected chi connectivity index (χ3v) is 4.00. The van der Waals surface area contributed by atoms with Gasteiger partial charge in [-0.3, -0.25) is 9.69 Å². The first-order valence-corrected chi connectivity index (χ1v) is 7.78. The van der Waals surface area contributed by atoms with Crippen LogP contribution in [0.4, 0.5) is 0 Å². The fraction of sp³-hybridized carbons (Fsp3) is 0.588. The molecule has 1 aliphatic rings. The predicted octanol–water partition coefficient (Wildman–Crippen LogP) is 3.18. The van der Waals surface area contributed by atoms with Gasteiger partial charge in [0.15, 0.2) is 0 Å². The Kier molecular flexibility index (Phi) is 6.05. The predicted molar refractivity (Wildman–Crippen MR) is 82.4 cm³/mol. The van der Waals surface area contributed by atoms with Crippen LogP contribution in [0, 0.1) is 0 Å². The van der Waals surface area contributed by atoms with E-state index in [1.165, 1.54) is 18.4 Å². The van der Waals surface area contributed by atoms with Crippen molar-refractivity contribution in [2.75, 3.05) is 26.8 Å². The average Bonchev–Trinajstić information content (AvgIpc) is 2.73. The van der Waals surface area contributed by atoms with E-state index in [9.17, 15) is 4.79 Å². The molecule has 0 saturated carbocycles. The van der Waals surface area contributed by atoms with Crippen molar-refractivity contribution in [1.29, 1.82) is 0 Å². The van der Waals surface area contributed by atoms with Crippen molar-refractivity contribution in [2.45, 2.75) is 38.6 Å². The molecule has 0 N–H and O–H groups in total. The molecule has 0 amide bonds. The number of hydrogen-bond acceptors (Lipinski definition) is 4. The Hall–Kier alpha value is -1.55. The highest BCUT2D eigenvalue weighted by atomic mass is 16.5. The molecule has 0 bridgehead atoms. The van der Waals surface area contributed by atoms with E-state index in [4.69, 9.17) is 9.47 Å². The number of benzene rings is 1. The van der Waals surface area contributed by atoms with Gasteiger partial charge in [0.1, 0.15) is 5.75 Å². The van der Waals surface area contributed by atoms with E-state index >= 15 is 0 Å². The van der Waals surface area contributed by atoms with Crippen LogP contribution in [-0.2, 0) is 9.53 Å². The zero-order valence-corrected chi connectivity index (χ0v) is 13.0. The number of ether oxygens (including phenoxy) is 2. The maximum absolute atomic E-state index is 11.8. The molecule has 1 unspecified atom stereocenters. The van der Waals surface area contributed by atoms with Gasteiger partial charge in [0, 0.05) is 6.04 Å². The van der Waals surface area contributed by atoms with E-state index in [2.05, 4.69) is 17.0 Å². The van der Waals surface area contributed by atoms with Crippen LogP contribution in [0.1, 0.15) is 44.2 Å². The highest BCUT2D eigenvalue weighted by molar-refractivity contribution is 5.71. The lowest BCUT2D eigenvalue weighted by Crippen LogP contribution is -2.34. The number of nitrogens with zero attached hydrogens (tertiary/aromatic N) is 1. The van der Waals surface area contributed by atoms with E-state index in [0.717, 1.165) is 25.1 Å². The molecule has 0 spiro atoms. The van der Waals surface area contributed by atoms with Crippen molar-refractivity contribution in [2.24, 2.45) is 0 Å². The smallest absolute Gasteiger partial charge is 0.320 e. The number of esters is 1. The summed E-state index contributed by atoms with van der Waals surface area (Å²) in [4.78, 5) is 14.1. The minimum absolute atomic E-state index is 0.127. The first kappa shape index (κ1) is 15.8. The number of rotatable bonds is 5. The van der Waals surface area contributed by atoms with Crippen molar-refractivity contribution in [3.8, 4) is 5.75 Å². The molecule has 4 heteroatoms. The lowest BCUT2D eigenvalue weighted by atomic mass is 10.0. The average molecular weight is 291 g/mol. The highest BCUT2D eigenvalue weighted by Crippen LogP contribution is 2.30. The van der Waals surface area contributed by atoms with E-state index in [1.54, 1.807) is 7.11 Å². The summed E-state index contributed by atoms with van der Waals surface area (Å²) in [5.41, 5.74) is 1.25. The van der Waals surface area contributed by atoms with Crippen LogP contribution in [0.5, 0.6) is 5.75 Å². The van der Waals surface area contributed by atoms with Gasteiger partial charge in [-0.1, -0.05) is 25.0 Å². The molecule has 1 aromatic carbocycles. The zero-order chi connectivity index (χ0) is 15.1. The van der Waals surface area contributed by atoms with Gasteiger partial charge in [0.25, 0.3) is 0 Å². The fourth-order valence-corrected chi connectivity index (χ4v) is 2.93. The molecule has 0 aliphatic carbocycles. The Balaban J connectivity index is 2.12. The Morgan fingerprint density at radius 1 is 1.24 bits per heavy atom. The van der Waals surface area contributed by atoms with Crippen LogP contribution in [0.2, 0.25) is 0 Å². The van der Waals surface area contributed by atoms with Crippen LogP contribution in [-0.4, -0.2) is 37.7 Å². The van der Waals surface area contributed by atoms with Crippen LogP contribution >= 0.6 is 0 Å². The number of methoxy groups -OCH3 is 1. The number of carbonyl (C=O) groups excluding carboxylic acids is 1. The molecule has 116 valence electrons. The van der Waals surface area contributed by atoms with Gasteiger partial charge in [0.2, 0.25) is 0 Å². The Morgan fingerprint density at radius 3 is 2.67 bits per heavy atom. The van der Waals surface area contributed by atoms with Crippen molar-refractivity contribution in [1.82, 2.24) is 4.90 Å². The van der Waals surface area contributed by atoms with E-state index in [-0.39, 0.29) is 5.97 Å². The topological polar surface area (TPSA) is 38.8 Å². The van der Waals surface area contributed by atoms with Crippen molar-refractivity contribution < 1.29 is 14.3 Å². The standard InChI is InChI=1S/C17H25NO3/c1-3-21-17(19)13-18-12-6-4-5-7-16(18)14-8-10-15(20-2)11-9-14/h8-11,16H,3-7,12-13H2,1-2H3. The SMILES string of the molecule is CCOC(=O)CN1CCCCCC1c1ccc(OC)cc1. The number of carbonyl (C=O) groups is 1. The summed E-state index contributed by atoms with van der Waals surface area (Å²) in [6.07, 6.45) is 4.67. The highest BCUT2D eigenvalue weighted by Gasteiger charge is 2.24. The van der Waals surface area contributed by atoms with Crippen molar-refractivity contribution in [3.63, 3.8) is 0 Å². The van der Waals surface area contributed by atoms with Gasteiger partial charge in [0.05, 0.1) is 20.3 Å². The largest absolute Gasteiger partial charge is 0.497 e. The lowest BCUT2D eigenvalue weighted by molar-refractivity contribution is -0.145. The summed E-state index contributed by atoms with van der Waals surface area (Å²) in [6.45, 7) is 3.63. The molecule has 0 aromatic heterocycles. The monoisotopic (exact) mass is 291 g/mol. The van der Waals surface area contributed by atoms with Crippen LogP contribution in [0.25, 0.3) is 0 Å². The third kappa shape index (κ3) is 4.46.